The monoisotopic (exact) mass is 235 g/mol. The zero-order valence-electron chi connectivity index (χ0n) is 9.94. The zero-order chi connectivity index (χ0) is 13.0. The van der Waals surface area contributed by atoms with Crippen molar-refractivity contribution in [3.63, 3.8) is 0 Å². The Bertz CT molecular complexity index is 412. The van der Waals surface area contributed by atoms with E-state index in [1.54, 1.807) is 38.1 Å². The van der Waals surface area contributed by atoms with Gasteiger partial charge in [-0.3, -0.25) is 9.59 Å². The maximum Gasteiger partial charge on any atom is 0.248 e. The second-order valence-electron chi connectivity index (χ2n) is 4.08. The molecule has 0 aliphatic carbocycles. The number of benzene rings is 1. The molecule has 0 aliphatic heterocycles. The highest BCUT2D eigenvalue weighted by atomic mass is 16.2. The van der Waals surface area contributed by atoms with Crippen molar-refractivity contribution in [3.05, 3.63) is 29.8 Å². The van der Waals surface area contributed by atoms with Crippen LogP contribution < -0.4 is 16.8 Å². The third-order valence-electron chi connectivity index (χ3n) is 2.64. The number of carbonyl (C=O) groups is 2. The van der Waals surface area contributed by atoms with E-state index in [2.05, 4.69) is 5.32 Å². The molecule has 2 atom stereocenters. The SMILES string of the molecule is CC(N)C(C)C(=O)Nc1ccc(C(N)=O)cc1. The lowest BCUT2D eigenvalue weighted by atomic mass is 10.0. The van der Waals surface area contributed by atoms with E-state index in [9.17, 15) is 9.59 Å². The van der Waals surface area contributed by atoms with Gasteiger partial charge in [0, 0.05) is 17.3 Å². The van der Waals surface area contributed by atoms with Crippen LogP contribution in [0.2, 0.25) is 0 Å². The molecule has 0 saturated heterocycles. The van der Waals surface area contributed by atoms with Crippen molar-refractivity contribution in [2.24, 2.45) is 17.4 Å². The molecule has 0 saturated carbocycles. The van der Waals surface area contributed by atoms with E-state index in [1.165, 1.54) is 0 Å². The molecular weight excluding hydrogens is 218 g/mol. The molecule has 0 aliphatic rings. The largest absolute Gasteiger partial charge is 0.366 e. The average Bonchev–Trinajstić information content (AvgIpc) is 2.28. The summed E-state index contributed by atoms with van der Waals surface area (Å²) in [5.41, 5.74) is 11.8. The fraction of sp³-hybridized carbons (Fsp3) is 0.333. The summed E-state index contributed by atoms with van der Waals surface area (Å²) in [5, 5.41) is 2.72. The number of nitrogens with two attached hydrogens (primary N) is 2. The molecular formula is C12H17N3O2. The molecule has 5 heteroatoms. The van der Waals surface area contributed by atoms with Crippen molar-refractivity contribution in [1.29, 1.82) is 0 Å². The molecule has 0 spiro atoms. The minimum Gasteiger partial charge on any atom is -0.366 e. The fourth-order valence-corrected chi connectivity index (χ4v) is 1.21. The van der Waals surface area contributed by atoms with Gasteiger partial charge in [0.15, 0.2) is 0 Å². The zero-order valence-corrected chi connectivity index (χ0v) is 9.94. The maximum absolute atomic E-state index is 11.7. The third kappa shape index (κ3) is 3.57. The van der Waals surface area contributed by atoms with Crippen molar-refractivity contribution in [1.82, 2.24) is 0 Å². The molecule has 1 rings (SSSR count). The molecule has 0 radical (unpaired) electrons. The minimum atomic E-state index is -0.494. The Labute approximate surface area is 100 Å². The van der Waals surface area contributed by atoms with E-state index in [-0.39, 0.29) is 17.9 Å². The van der Waals surface area contributed by atoms with Gasteiger partial charge in [-0.15, -0.1) is 0 Å². The topological polar surface area (TPSA) is 98.2 Å². The predicted molar refractivity (Wildman–Crippen MR) is 66.4 cm³/mol. The van der Waals surface area contributed by atoms with E-state index in [1.807, 2.05) is 0 Å². The smallest absolute Gasteiger partial charge is 0.248 e. The first-order chi connectivity index (χ1) is 7.91. The van der Waals surface area contributed by atoms with Crippen molar-refractivity contribution < 1.29 is 9.59 Å². The molecule has 5 nitrogen and oxygen atoms in total. The lowest BCUT2D eigenvalue weighted by molar-refractivity contribution is -0.119. The van der Waals surface area contributed by atoms with E-state index >= 15 is 0 Å². The first-order valence-corrected chi connectivity index (χ1v) is 5.38. The van der Waals surface area contributed by atoms with Gasteiger partial charge in [0.25, 0.3) is 0 Å². The van der Waals surface area contributed by atoms with Crippen LogP contribution in [0.15, 0.2) is 24.3 Å². The number of anilines is 1. The average molecular weight is 235 g/mol. The van der Waals surface area contributed by atoms with E-state index in [4.69, 9.17) is 11.5 Å². The minimum absolute atomic E-state index is 0.146. The Kier molecular flexibility index (Phi) is 4.23. The number of hydrogen-bond donors (Lipinski definition) is 3. The van der Waals surface area contributed by atoms with Gasteiger partial charge < -0.3 is 16.8 Å². The van der Waals surface area contributed by atoms with Gasteiger partial charge in [0.2, 0.25) is 11.8 Å². The summed E-state index contributed by atoms with van der Waals surface area (Å²) in [6.07, 6.45) is 0. The highest BCUT2D eigenvalue weighted by molar-refractivity contribution is 5.95. The summed E-state index contributed by atoms with van der Waals surface area (Å²) in [5.74, 6) is -0.913. The van der Waals surface area contributed by atoms with Gasteiger partial charge in [-0.1, -0.05) is 6.92 Å². The van der Waals surface area contributed by atoms with Crippen molar-refractivity contribution in [3.8, 4) is 0 Å². The molecule has 5 N–H and O–H groups in total. The van der Waals surface area contributed by atoms with Crippen LogP contribution in [-0.4, -0.2) is 17.9 Å². The quantitative estimate of drug-likeness (QED) is 0.716. The molecule has 0 fully saturated rings. The van der Waals surface area contributed by atoms with Crippen LogP contribution in [0.1, 0.15) is 24.2 Å². The summed E-state index contributed by atoms with van der Waals surface area (Å²) in [4.78, 5) is 22.5. The molecule has 0 heterocycles. The first-order valence-electron chi connectivity index (χ1n) is 5.38. The van der Waals surface area contributed by atoms with Crippen molar-refractivity contribution in [2.45, 2.75) is 19.9 Å². The van der Waals surface area contributed by atoms with Crippen LogP contribution in [0.3, 0.4) is 0 Å². The summed E-state index contributed by atoms with van der Waals surface area (Å²) < 4.78 is 0. The number of primary amides is 1. The molecule has 1 aromatic rings. The molecule has 2 unspecified atom stereocenters. The fourth-order valence-electron chi connectivity index (χ4n) is 1.21. The standard InChI is InChI=1S/C12H17N3O2/c1-7(8(2)13)12(17)15-10-5-3-9(4-6-10)11(14)16/h3-8H,13H2,1-2H3,(H2,14,16)(H,15,17). The van der Waals surface area contributed by atoms with Gasteiger partial charge in [0.1, 0.15) is 0 Å². The van der Waals surface area contributed by atoms with Crippen LogP contribution >= 0.6 is 0 Å². The molecule has 92 valence electrons. The van der Waals surface area contributed by atoms with Gasteiger partial charge in [-0.25, -0.2) is 0 Å². The first kappa shape index (κ1) is 13.2. The molecule has 17 heavy (non-hydrogen) atoms. The van der Waals surface area contributed by atoms with Crippen LogP contribution in [0.4, 0.5) is 5.69 Å². The van der Waals surface area contributed by atoms with Crippen LogP contribution in [0.5, 0.6) is 0 Å². The Morgan fingerprint density at radius 3 is 2.12 bits per heavy atom. The predicted octanol–water partition coefficient (Wildman–Crippen LogP) is 0.707. The van der Waals surface area contributed by atoms with Crippen molar-refractivity contribution >= 4 is 17.5 Å². The van der Waals surface area contributed by atoms with Crippen LogP contribution in [0, 0.1) is 5.92 Å². The highest BCUT2D eigenvalue weighted by Crippen LogP contribution is 2.11. The van der Waals surface area contributed by atoms with Gasteiger partial charge in [-0.2, -0.15) is 0 Å². The molecule has 1 aromatic carbocycles. The number of nitrogens with one attached hydrogen (secondary N) is 1. The second-order valence-corrected chi connectivity index (χ2v) is 4.08. The Balaban J connectivity index is 2.70. The van der Waals surface area contributed by atoms with Gasteiger partial charge in [0.05, 0.1) is 5.92 Å². The van der Waals surface area contributed by atoms with Crippen LogP contribution in [-0.2, 0) is 4.79 Å². The van der Waals surface area contributed by atoms with E-state index < -0.39 is 5.91 Å². The van der Waals surface area contributed by atoms with Crippen LogP contribution in [0.25, 0.3) is 0 Å². The lowest BCUT2D eigenvalue weighted by Gasteiger charge is -2.15. The summed E-state index contributed by atoms with van der Waals surface area (Å²) >= 11 is 0. The summed E-state index contributed by atoms with van der Waals surface area (Å²) in [6, 6.07) is 6.18. The third-order valence-corrected chi connectivity index (χ3v) is 2.64. The number of hydrogen-bond acceptors (Lipinski definition) is 3. The van der Waals surface area contributed by atoms with E-state index in [0.717, 1.165) is 0 Å². The molecule has 2 amide bonds. The Morgan fingerprint density at radius 2 is 1.71 bits per heavy atom. The second kappa shape index (κ2) is 5.45. The Hall–Kier alpha value is -1.88. The molecule has 0 aromatic heterocycles. The van der Waals surface area contributed by atoms with Crippen molar-refractivity contribution in [2.75, 3.05) is 5.32 Å². The van der Waals surface area contributed by atoms with Gasteiger partial charge in [-0.05, 0) is 31.2 Å². The maximum atomic E-state index is 11.7. The Morgan fingerprint density at radius 1 is 1.18 bits per heavy atom. The number of rotatable bonds is 4. The summed E-state index contributed by atoms with van der Waals surface area (Å²) in [7, 11) is 0. The van der Waals surface area contributed by atoms with Gasteiger partial charge >= 0.3 is 0 Å². The summed E-state index contributed by atoms with van der Waals surface area (Å²) in [6.45, 7) is 3.54. The normalized spacial score (nSPS) is 13.8. The lowest BCUT2D eigenvalue weighted by Crippen LogP contribution is -2.34. The number of carbonyl (C=O) groups excluding carboxylic acids is 2. The number of amides is 2. The van der Waals surface area contributed by atoms with E-state index in [0.29, 0.717) is 11.3 Å². The highest BCUT2D eigenvalue weighted by Gasteiger charge is 2.16. The molecule has 0 bridgehead atoms.